The largest absolute Gasteiger partial charge is 0.483 e. The molecule has 6 heteroatoms. The molecule has 0 saturated carbocycles. The first kappa shape index (κ1) is 18.4. The van der Waals surface area contributed by atoms with E-state index >= 15 is 0 Å². The Hall–Kier alpha value is -2.37. The first-order chi connectivity index (χ1) is 12.5. The fourth-order valence-electron chi connectivity index (χ4n) is 2.56. The third-order valence-electron chi connectivity index (χ3n) is 3.76. The van der Waals surface area contributed by atoms with E-state index in [1.54, 1.807) is 6.20 Å². The van der Waals surface area contributed by atoms with Crippen molar-refractivity contribution in [3.63, 3.8) is 0 Å². The number of ether oxygens (including phenoxy) is 1. The second-order valence-corrected chi connectivity index (χ2v) is 7.60. The lowest BCUT2D eigenvalue weighted by atomic mass is 10.1. The van der Waals surface area contributed by atoms with Gasteiger partial charge in [-0.3, -0.25) is 10.1 Å². The number of nitrogens with one attached hydrogen (secondary N) is 1. The van der Waals surface area contributed by atoms with Crippen molar-refractivity contribution in [1.82, 2.24) is 4.98 Å². The minimum absolute atomic E-state index is 0.0485. The number of thiazole rings is 1. The first-order valence-electron chi connectivity index (χ1n) is 8.18. The number of hydrogen-bond acceptors (Lipinski definition) is 4. The fraction of sp³-hybridized carbons (Fsp3) is 0.200. The second kappa shape index (κ2) is 8.34. The van der Waals surface area contributed by atoms with Gasteiger partial charge in [-0.05, 0) is 43.2 Å². The summed E-state index contributed by atoms with van der Waals surface area (Å²) in [4.78, 5) is 17.4. The summed E-state index contributed by atoms with van der Waals surface area (Å²) in [6.07, 6.45) is 2.50. The van der Waals surface area contributed by atoms with Crippen molar-refractivity contribution in [1.29, 1.82) is 0 Å². The van der Waals surface area contributed by atoms with Crippen LogP contribution in [0.1, 0.15) is 21.6 Å². The van der Waals surface area contributed by atoms with Crippen molar-refractivity contribution in [2.24, 2.45) is 0 Å². The van der Waals surface area contributed by atoms with Crippen molar-refractivity contribution >= 4 is 34.0 Å². The van der Waals surface area contributed by atoms with Crippen molar-refractivity contribution < 1.29 is 9.53 Å². The van der Waals surface area contributed by atoms with Crippen LogP contribution >= 0.6 is 22.9 Å². The molecular weight excluding hydrogens is 368 g/mol. The summed E-state index contributed by atoms with van der Waals surface area (Å²) in [5.74, 6) is 0.486. The van der Waals surface area contributed by atoms with Gasteiger partial charge in [-0.15, -0.1) is 11.3 Å². The predicted octanol–water partition coefficient (Wildman–Crippen LogP) is 5.02. The molecule has 0 fully saturated rings. The Morgan fingerprint density at radius 1 is 1.23 bits per heavy atom. The van der Waals surface area contributed by atoms with Gasteiger partial charge in [-0.1, -0.05) is 41.4 Å². The minimum Gasteiger partial charge on any atom is -0.483 e. The summed E-state index contributed by atoms with van der Waals surface area (Å²) in [6, 6.07) is 13.6. The standard InChI is InChI=1S/C20H19ClN2O2S/c1-13-6-7-18(14(2)8-13)25-12-19(24)23-20-22-11-17(26-20)10-15-4-3-5-16(21)9-15/h3-9,11H,10,12H2,1-2H3,(H,22,23,24). The van der Waals surface area contributed by atoms with E-state index in [0.29, 0.717) is 15.9 Å². The van der Waals surface area contributed by atoms with Crippen LogP contribution < -0.4 is 10.1 Å². The number of anilines is 1. The van der Waals surface area contributed by atoms with Crippen molar-refractivity contribution in [3.05, 3.63) is 75.3 Å². The van der Waals surface area contributed by atoms with Gasteiger partial charge in [0.15, 0.2) is 11.7 Å². The normalized spacial score (nSPS) is 10.6. The fourth-order valence-corrected chi connectivity index (χ4v) is 3.63. The van der Waals surface area contributed by atoms with E-state index < -0.39 is 0 Å². The van der Waals surface area contributed by atoms with Gasteiger partial charge in [0.1, 0.15) is 5.75 Å². The molecule has 1 N–H and O–H groups in total. The Labute approximate surface area is 161 Å². The van der Waals surface area contributed by atoms with Gasteiger partial charge >= 0.3 is 0 Å². The maximum Gasteiger partial charge on any atom is 0.264 e. The summed E-state index contributed by atoms with van der Waals surface area (Å²) in [5, 5.41) is 4.06. The zero-order chi connectivity index (χ0) is 18.5. The van der Waals surface area contributed by atoms with E-state index in [0.717, 1.165) is 28.0 Å². The molecule has 0 spiro atoms. The number of nitrogens with zero attached hydrogens (tertiary/aromatic N) is 1. The third-order valence-corrected chi connectivity index (χ3v) is 4.90. The lowest BCUT2D eigenvalue weighted by molar-refractivity contribution is -0.118. The number of carbonyl (C=O) groups is 1. The van der Waals surface area contributed by atoms with Crippen molar-refractivity contribution in [2.45, 2.75) is 20.3 Å². The molecule has 1 amide bonds. The highest BCUT2D eigenvalue weighted by atomic mass is 35.5. The third kappa shape index (κ3) is 5.07. The topological polar surface area (TPSA) is 51.2 Å². The predicted molar refractivity (Wildman–Crippen MR) is 106 cm³/mol. The molecule has 0 aliphatic heterocycles. The number of hydrogen-bond donors (Lipinski definition) is 1. The van der Waals surface area contributed by atoms with Crippen LogP contribution in [0.3, 0.4) is 0 Å². The highest BCUT2D eigenvalue weighted by molar-refractivity contribution is 7.15. The van der Waals surface area contributed by atoms with E-state index in [2.05, 4.69) is 10.3 Å². The number of benzene rings is 2. The van der Waals surface area contributed by atoms with Crippen LogP contribution in [0.25, 0.3) is 0 Å². The number of rotatable bonds is 6. The lowest BCUT2D eigenvalue weighted by Crippen LogP contribution is -2.20. The molecule has 0 radical (unpaired) electrons. The molecule has 3 aromatic rings. The van der Waals surface area contributed by atoms with Gasteiger partial charge in [0.25, 0.3) is 5.91 Å². The zero-order valence-corrected chi connectivity index (χ0v) is 16.2. The van der Waals surface area contributed by atoms with E-state index in [1.165, 1.54) is 11.3 Å². The Bertz CT molecular complexity index is 924. The van der Waals surface area contributed by atoms with E-state index in [-0.39, 0.29) is 12.5 Å². The molecule has 3 rings (SSSR count). The van der Waals surface area contributed by atoms with Gasteiger partial charge in [0.05, 0.1) is 0 Å². The van der Waals surface area contributed by atoms with Crippen LogP contribution in [-0.2, 0) is 11.2 Å². The highest BCUT2D eigenvalue weighted by Crippen LogP contribution is 2.23. The quantitative estimate of drug-likeness (QED) is 0.647. The molecule has 0 atom stereocenters. The summed E-state index contributed by atoms with van der Waals surface area (Å²) < 4.78 is 5.59. The zero-order valence-electron chi connectivity index (χ0n) is 14.6. The number of amides is 1. The smallest absolute Gasteiger partial charge is 0.264 e. The van der Waals surface area contributed by atoms with Crippen LogP contribution in [0.2, 0.25) is 5.02 Å². The lowest BCUT2D eigenvalue weighted by Gasteiger charge is -2.09. The SMILES string of the molecule is Cc1ccc(OCC(=O)Nc2ncc(Cc3cccc(Cl)c3)s2)c(C)c1. The summed E-state index contributed by atoms with van der Waals surface area (Å²) in [5.41, 5.74) is 3.28. The molecule has 0 aliphatic carbocycles. The molecule has 4 nitrogen and oxygen atoms in total. The molecule has 0 aliphatic rings. The van der Waals surface area contributed by atoms with Gasteiger partial charge in [0, 0.05) is 22.5 Å². The number of carbonyl (C=O) groups excluding carboxylic acids is 1. The molecule has 1 heterocycles. The molecule has 0 unspecified atom stereocenters. The maximum atomic E-state index is 12.1. The summed E-state index contributed by atoms with van der Waals surface area (Å²) in [7, 11) is 0. The van der Waals surface area contributed by atoms with Crippen LogP contribution in [-0.4, -0.2) is 17.5 Å². The Balaban J connectivity index is 1.54. The van der Waals surface area contributed by atoms with E-state index in [4.69, 9.17) is 16.3 Å². The first-order valence-corrected chi connectivity index (χ1v) is 9.38. The Morgan fingerprint density at radius 3 is 2.85 bits per heavy atom. The Kier molecular flexibility index (Phi) is 5.91. The molecular formula is C20H19ClN2O2S. The molecule has 134 valence electrons. The molecule has 0 saturated heterocycles. The van der Waals surface area contributed by atoms with Crippen LogP contribution in [0.4, 0.5) is 5.13 Å². The van der Waals surface area contributed by atoms with Gasteiger partial charge in [-0.25, -0.2) is 4.98 Å². The van der Waals surface area contributed by atoms with Gasteiger partial charge in [-0.2, -0.15) is 0 Å². The van der Waals surface area contributed by atoms with Gasteiger partial charge in [0.2, 0.25) is 0 Å². The van der Waals surface area contributed by atoms with Gasteiger partial charge < -0.3 is 4.74 Å². The summed E-state index contributed by atoms with van der Waals surface area (Å²) >= 11 is 7.45. The van der Waals surface area contributed by atoms with Crippen LogP contribution in [0.5, 0.6) is 5.75 Å². The van der Waals surface area contributed by atoms with Crippen LogP contribution in [0.15, 0.2) is 48.7 Å². The number of aromatic nitrogens is 1. The molecule has 0 bridgehead atoms. The monoisotopic (exact) mass is 386 g/mol. The second-order valence-electron chi connectivity index (χ2n) is 6.04. The average molecular weight is 387 g/mol. The number of aryl methyl sites for hydroxylation is 2. The average Bonchev–Trinajstić information content (AvgIpc) is 3.01. The van der Waals surface area contributed by atoms with E-state index in [1.807, 2.05) is 56.3 Å². The number of halogens is 1. The molecule has 1 aromatic heterocycles. The van der Waals surface area contributed by atoms with Crippen molar-refractivity contribution in [2.75, 3.05) is 11.9 Å². The van der Waals surface area contributed by atoms with Crippen LogP contribution in [0, 0.1) is 13.8 Å². The maximum absolute atomic E-state index is 12.1. The highest BCUT2D eigenvalue weighted by Gasteiger charge is 2.09. The minimum atomic E-state index is -0.228. The van der Waals surface area contributed by atoms with E-state index in [9.17, 15) is 4.79 Å². The Morgan fingerprint density at radius 2 is 2.08 bits per heavy atom. The molecule has 26 heavy (non-hydrogen) atoms. The molecule has 2 aromatic carbocycles. The van der Waals surface area contributed by atoms with Crippen molar-refractivity contribution in [3.8, 4) is 5.75 Å². The summed E-state index contributed by atoms with van der Waals surface area (Å²) in [6.45, 7) is 3.93.